The highest BCUT2D eigenvalue weighted by Gasteiger charge is 2.17. The number of hydrogen-bond donors (Lipinski definition) is 2. The summed E-state index contributed by atoms with van der Waals surface area (Å²) in [6, 6.07) is 14.7. The van der Waals surface area contributed by atoms with E-state index < -0.39 is 11.8 Å². The number of nitrogens with zero attached hydrogens (tertiary/aromatic N) is 2. The van der Waals surface area contributed by atoms with Crippen LogP contribution in [-0.4, -0.2) is 21.8 Å². The summed E-state index contributed by atoms with van der Waals surface area (Å²) in [6.07, 6.45) is 0. The highest BCUT2D eigenvalue weighted by atomic mass is 32.1. The van der Waals surface area contributed by atoms with E-state index in [2.05, 4.69) is 20.8 Å². The van der Waals surface area contributed by atoms with Gasteiger partial charge in [-0.05, 0) is 26.0 Å². The minimum absolute atomic E-state index is 0.242. The molecule has 0 saturated carbocycles. The van der Waals surface area contributed by atoms with E-state index >= 15 is 0 Å². The average molecular weight is 352 g/mol. The van der Waals surface area contributed by atoms with E-state index in [1.165, 1.54) is 11.3 Å². The van der Waals surface area contributed by atoms with Crippen molar-refractivity contribution >= 4 is 23.2 Å². The summed E-state index contributed by atoms with van der Waals surface area (Å²) >= 11 is 1.28. The summed E-state index contributed by atoms with van der Waals surface area (Å²) in [5, 5.41) is 0.759. The molecule has 2 heterocycles. The molecule has 0 aliphatic rings. The van der Waals surface area contributed by atoms with Gasteiger partial charge in [-0.3, -0.25) is 20.4 Å². The van der Waals surface area contributed by atoms with E-state index in [4.69, 9.17) is 0 Å². The van der Waals surface area contributed by atoms with Crippen LogP contribution in [0, 0.1) is 13.8 Å². The first-order valence-electron chi connectivity index (χ1n) is 7.62. The third kappa shape index (κ3) is 3.89. The van der Waals surface area contributed by atoms with E-state index in [1.54, 1.807) is 32.0 Å². The molecule has 0 bridgehead atoms. The first kappa shape index (κ1) is 16.8. The van der Waals surface area contributed by atoms with Crippen LogP contribution in [0.15, 0.2) is 48.5 Å². The summed E-state index contributed by atoms with van der Waals surface area (Å²) < 4.78 is 0. The van der Waals surface area contributed by atoms with Crippen LogP contribution in [0.25, 0.3) is 10.6 Å². The van der Waals surface area contributed by atoms with Crippen molar-refractivity contribution in [2.45, 2.75) is 13.8 Å². The molecule has 3 rings (SSSR count). The zero-order valence-corrected chi connectivity index (χ0v) is 14.6. The molecule has 2 N–H and O–H groups in total. The molecular weight excluding hydrogens is 336 g/mol. The number of benzene rings is 1. The second kappa shape index (κ2) is 7.23. The van der Waals surface area contributed by atoms with Crippen molar-refractivity contribution in [3.63, 3.8) is 0 Å². The highest BCUT2D eigenvalue weighted by molar-refractivity contribution is 7.17. The van der Waals surface area contributed by atoms with Gasteiger partial charge in [0.25, 0.3) is 11.8 Å². The van der Waals surface area contributed by atoms with Crippen LogP contribution >= 0.6 is 11.3 Å². The number of aromatic nitrogens is 2. The van der Waals surface area contributed by atoms with E-state index in [1.807, 2.05) is 30.3 Å². The quantitative estimate of drug-likeness (QED) is 0.710. The molecule has 1 aromatic carbocycles. The first-order valence-corrected chi connectivity index (χ1v) is 8.43. The molecule has 0 aliphatic heterocycles. The number of rotatable bonds is 3. The fourth-order valence-corrected chi connectivity index (χ4v) is 3.18. The van der Waals surface area contributed by atoms with Gasteiger partial charge in [0.1, 0.15) is 15.6 Å². The number of hydrazine groups is 1. The molecule has 2 amide bonds. The molecule has 2 aromatic heterocycles. The van der Waals surface area contributed by atoms with E-state index in [0.717, 1.165) is 16.3 Å². The highest BCUT2D eigenvalue weighted by Crippen LogP contribution is 2.27. The third-order valence-electron chi connectivity index (χ3n) is 3.43. The van der Waals surface area contributed by atoms with Gasteiger partial charge in [-0.2, -0.15) is 0 Å². The lowest BCUT2D eigenvalue weighted by Crippen LogP contribution is -2.41. The van der Waals surface area contributed by atoms with Gasteiger partial charge in [-0.15, -0.1) is 11.3 Å². The van der Waals surface area contributed by atoms with Crippen molar-refractivity contribution < 1.29 is 9.59 Å². The van der Waals surface area contributed by atoms with Crippen LogP contribution in [0.3, 0.4) is 0 Å². The molecule has 0 aliphatic carbocycles. The van der Waals surface area contributed by atoms with Crippen LogP contribution in [0.5, 0.6) is 0 Å². The molecule has 0 radical (unpaired) electrons. The van der Waals surface area contributed by atoms with Crippen LogP contribution in [-0.2, 0) is 0 Å². The smallest absolute Gasteiger partial charge is 0.266 e. The SMILES string of the molecule is Cc1cccc(C(=O)NNC(=O)c2sc(-c3ccccc3)nc2C)n1. The lowest BCUT2D eigenvalue weighted by atomic mass is 10.2. The van der Waals surface area contributed by atoms with E-state index in [0.29, 0.717) is 10.6 Å². The Bertz CT molecular complexity index is 922. The summed E-state index contributed by atoms with van der Waals surface area (Å²) in [7, 11) is 0. The number of carbonyl (C=O) groups excluding carboxylic acids is 2. The monoisotopic (exact) mass is 352 g/mol. The number of carbonyl (C=O) groups is 2. The number of nitrogens with one attached hydrogen (secondary N) is 2. The van der Waals surface area contributed by atoms with Crippen LogP contribution in [0.1, 0.15) is 31.5 Å². The number of thiazole rings is 1. The number of hydrogen-bond acceptors (Lipinski definition) is 5. The third-order valence-corrected chi connectivity index (χ3v) is 4.64. The number of pyridine rings is 1. The Morgan fingerprint density at radius 2 is 1.60 bits per heavy atom. The molecule has 126 valence electrons. The van der Waals surface area contributed by atoms with Gasteiger partial charge >= 0.3 is 0 Å². The molecule has 0 saturated heterocycles. The van der Waals surface area contributed by atoms with Crippen molar-refractivity contribution in [3.8, 4) is 10.6 Å². The summed E-state index contributed by atoms with van der Waals surface area (Å²) in [5.41, 5.74) is 7.32. The lowest BCUT2D eigenvalue weighted by molar-refractivity contribution is 0.0845. The van der Waals surface area contributed by atoms with Gasteiger partial charge in [0.15, 0.2) is 0 Å². The van der Waals surface area contributed by atoms with E-state index in [-0.39, 0.29) is 5.69 Å². The average Bonchev–Trinajstić information content (AvgIpc) is 3.02. The molecule has 0 spiro atoms. The molecule has 6 nitrogen and oxygen atoms in total. The van der Waals surface area contributed by atoms with Crippen LogP contribution < -0.4 is 10.9 Å². The van der Waals surface area contributed by atoms with Crippen molar-refractivity contribution in [3.05, 3.63) is 70.5 Å². The van der Waals surface area contributed by atoms with Crippen LogP contribution in [0.2, 0.25) is 0 Å². The number of amides is 2. The van der Waals surface area contributed by atoms with Gasteiger partial charge < -0.3 is 0 Å². The predicted molar refractivity (Wildman–Crippen MR) is 96.2 cm³/mol. The molecule has 7 heteroatoms. The Hall–Kier alpha value is -3.06. The zero-order valence-electron chi connectivity index (χ0n) is 13.7. The van der Waals surface area contributed by atoms with Gasteiger partial charge in [-0.1, -0.05) is 36.4 Å². The lowest BCUT2D eigenvalue weighted by Gasteiger charge is -2.06. The maximum absolute atomic E-state index is 12.3. The zero-order chi connectivity index (χ0) is 17.8. The molecule has 0 atom stereocenters. The van der Waals surface area contributed by atoms with Crippen LogP contribution in [0.4, 0.5) is 0 Å². The first-order chi connectivity index (χ1) is 12.0. The molecule has 3 aromatic rings. The number of aryl methyl sites for hydroxylation is 2. The Labute approximate surface area is 148 Å². The van der Waals surface area contributed by atoms with E-state index in [9.17, 15) is 9.59 Å². The Kier molecular flexibility index (Phi) is 4.85. The second-order valence-corrected chi connectivity index (χ2v) is 6.37. The maximum atomic E-state index is 12.3. The van der Waals surface area contributed by atoms with Gasteiger partial charge in [0.2, 0.25) is 0 Å². The van der Waals surface area contributed by atoms with Gasteiger partial charge in [0.05, 0.1) is 5.69 Å². The minimum atomic E-state index is -0.470. The normalized spacial score (nSPS) is 10.3. The molecule has 25 heavy (non-hydrogen) atoms. The fraction of sp³-hybridized carbons (Fsp3) is 0.111. The molecule has 0 fully saturated rings. The minimum Gasteiger partial charge on any atom is -0.266 e. The summed E-state index contributed by atoms with van der Waals surface area (Å²) in [5.74, 6) is -0.874. The van der Waals surface area contributed by atoms with Crippen molar-refractivity contribution in [2.75, 3.05) is 0 Å². The van der Waals surface area contributed by atoms with Crippen molar-refractivity contribution in [1.82, 2.24) is 20.8 Å². The predicted octanol–water partition coefficient (Wildman–Crippen LogP) is 2.90. The van der Waals surface area contributed by atoms with Crippen molar-refractivity contribution in [2.24, 2.45) is 0 Å². The maximum Gasteiger partial charge on any atom is 0.288 e. The van der Waals surface area contributed by atoms with Gasteiger partial charge in [-0.25, -0.2) is 9.97 Å². The topological polar surface area (TPSA) is 84.0 Å². The largest absolute Gasteiger partial charge is 0.288 e. The fourth-order valence-electron chi connectivity index (χ4n) is 2.22. The Balaban J connectivity index is 1.70. The van der Waals surface area contributed by atoms with Crippen molar-refractivity contribution in [1.29, 1.82) is 0 Å². The Morgan fingerprint density at radius 3 is 2.32 bits per heavy atom. The molecule has 0 unspecified atom stereocenters. The second-order valence-electron chi connectivity index (χ2n) is 5.37. The Morgan fingerprint density at radius 1 is 0.880 bits per heavy atom. The van der Waals surface area contributed by atoms with Gasteiger partial charge in [0, 0.05) is 11.3 Å². The molecular formula is C18H16N4O2S. The standard InChI is InChI=1S/C18H16N4O2S/c1-11-7-6-10-14(19-11)16(23)21-22-17(24)15-12(2)20-18(25-15)13-8-4-3-5-9-13/h3-10H,1-2H3,(H,21,23)(H,22,24). The summed E-state index contributed by atoms with van der Waals surface area (Å²) in [4.78, 5) is 33.4. The summed E-state index contributed by atoms with van der Waals surface area (Å²) in [6.45, 7) is 3.56.